The molecule has 0 radical (unpaired) electrons. The van der Waals surface area contributed by atoms with Gasteiger partial charge in [0.05, 0.1) is 5.69 Å². The summed E-state index contributed by atoms with van der Waals surface area (Å²) in [5, 5.41) is 4.45. The molecule has 2 N–H and O–H groups in total. The van der Waals surface area contributed by atoms with Gasteiger partial charge < -0.3 is 5.73 Å². The average molecular weight is 283 g/mol. The van der Waals surface area contributed by atoms with Crippen LogP contribution in [-0.2, 0) is 18.9 Å². The quantitative estimate of drug-likeness (QED) is 0.937. The molecule has 1 atom stereocenters. The molecule has 1 aliphatic rings. The van der Waals surface area contributed by atoms with Crippen LogP contribution in [0.3, 0.4) is 0 Å². The molecule has 0 saturated heterocycles. The Hall–Kier alpha value is -1.61. The standard InChI is InChI=1S/C18H25N3/c1-14-12-16(21(2)20-14)13-17(19)18(10-6-7-11-18)15-8-4-3-5-9-15/h3-5,8-9,12,17H,6-7,10-11,13,19H2,1-2H3. The lowest BCUT2D eigenvalue weighted by Crippen LogP contribution is -2.45. The average Bonchev–Trinajstić information content (AvgIpc) is 3.08. The summed E-state index contributed by atoms with van der Waals surface area (Å²) in [6, 6.07) is 13.2. The molecule has 1 aromatic heterocycles. The van der Waals surface area contributed by atoms with E-state index < -0.39 is 0 Å². The van der Waals surface area contributed by atoms with Crippen molar-refractivity contribution in [2.24, 2.45) is 12.8 Å². The second-order valence-corrected chi connectivity index (χ2v) is 6.44. The highest BCUT2D eigenvalue weighted by Gasteiger charge is 2.41. The predicted octanol–water partition coefficient (Wildman–Crippen LogP) is 3.11. The number of nitrogens with two attached hydrogens (primary N) is 1. The fourth-order valence-corrected chi connectivity index (χ4v) is 3.93. The van der Waals surface area contributed by atoms with E-state index in [-0.39, 0.29) is 11.5 Å². The van der Waals surface area contributed by atoms with Gasteiger partial charge in [0.15, 0.2) is 0 Å². The number of hydrogen-bond acceptors (Lipinski definition) is 2. The van der Waals surface area contributed by atoms with E-state index in [1.807, 2.05) is 18.7 Å². The number of aryl methyl sites for hydroxylation is 2. The third-order valence-corrected chi connectivity index (χ3v) is 5.08. The minimum absolute atomic E-state index is 0.138. The van der Waals surface area contributed by atoms with Crippen LogP contribution in [0, 0.1) is 6.92 Å². The molecule has 1 saturated carbocycles. The fraction of sp³-hybridized carbons (Fsp3) is 0.500. The Bertz CT molecular complexity index is 594. The Labute approximate surface area is 127 Å². The molecule has 1 fully saturated rings. The molecule has 1 aliphatic carbocycles. The van der Waals surface area contributed by atoms with Gasteiger partial charge in [-0.25, -0.2) is 0 Å². The largest absolute Gasteiger partial charge is 0.327 e. The summed E-state index contributed by atoms with van der Waals surface area (Å²) in [4.78, 5) is 0. The van der Waals surface area contributed by atoms with Gasteiger partial charge in [0, 0.05) is 30.6 Å². The van der Waals surface area contributed by atoms with Crippen molar-refractivity contribution in [1.82, 2.24) is 9.78 Å². The first kappa shape index (κ1) is 14.3. The van der Waals surface area contributed by atoms with Crippen molar-refractivity contribution >= 4 is 0 Å². The van der Waals surface area contributed by atoms with Crippen LogP contribution >= 0.6 is 0 Å². The number of aromatic nitrogens is 2. The predicted molar refractivity (Wildman–Crippen MR) is 86.2 cm³/mol. The van der Waals surface area contributed by atoms with Gasteiger partial charge in [0.2, 0.25) is 0 Å². The summed E-state index contributed by atoms with van der Waals surface area (Å²) >= 11 is 0. The first-order valence-corrected chi connectivity index (χ1v) is 7.92. The van der Waals surface area contributed by atoms with E-state index in [2.05, 4.69) is 41.5 Å². The molecule has 0 spiro atoms. The second kappa shape index (κ2) is 5.64. The van der Waals surface area contributed by atoms with Crippen LogP contribution in [0.4, 0.5) is 0 Å². The summed E-state index contributed by atoms with van der Waals surface area (Å²) in [5.74, 6) is 0. The zero-order chi connectivity index (χ0) is 14.9. The van der Waals surface area contributed by atoms with Crippen LogP contribution in [0.25, 0.3) is 0 Å². The molecule has 1 unspecified atom stereocenters. The van der Waals surface area contributed by atoms with E-state index in [0.29, 0.717) is 0 Å². The van der Waals surface area contributed by atoms with Crippen molar-refractivity contribution in [3.63, 3.8) is 0 Å². The molecule has 1 heterocycles. The lowest BCUT2D eigenvalue weighted by atomic mass is 9.71. The Morgan fingerprint density at radius 2 is 1.90 bits per heavy atom. The molecule has 1 aromatic carbocycles. The maximum Gasteiger partial charge on any atom is 0.0596 e. The Morgan fingerprint density at radius 3 is 2.48 bits per heavy atom. The Kier molecular flexibility index (Phi) is 3.85. The molecule has 3 heteroatoms. The van der Waals surface area contributed by atoms with Gasteiger partial charge in [-0.3, -0.25) is 4.68 Å². The van der Waals surface area contributed by atoms with Gasteiger partial charge in [-0.05, 0) is 31.4 Å². The molecule has 112 valence electrons. The zero-order valence-electron chi connectivity index (χ0n) is 13.0. The minimum atomic E-state index is 0.138. The molecule has 2 aromatic rings. The monoisotopic (exact) mass is 283 g/mol. The van der Waals surface area contributed by atoms with Crippen molar-refractivity contribution in [2.75, 3.05) is 0 Å². The SMILES string of the molecule is Cc1cc(CC(N)C2(c3ccccc3)CCCC2)n(C)n1. The lowest BCUT2D eigenvalue weighted by molar-refractivity contribution is 0.342. The molecule has 3 rings (SSSR count). The van der Waals surface area contributed by atoms with Crippen LogP contribution in [-0.4, -0.2) is 15.8 Å². The van der Waals surface area contributed by atoms with E-state index in [1.165, 1.54) is 36.9 Å². The Balaban J connectivity index is 1.89. The normalized spacial score (nSPS) is 18.8. The van der Waals surface area contributed by atoms with E-state index in [9.17, 15) is 0 Å². The topological polar surface area (TPSA) is 43.8 Å². The van der Waals surface area contributed by atoms with Gasteiger partial charge in [0.1, 0.15) is 0 Å². The smallest absolute Gasteiger partial charge is 0.0596 e. The summed E-state index contributed by atoms with van der Waals surface area (Å²) in [5.41, 5.74) is 10.6. The van der Waals surface area contributed by atoms with Crippen LogP contribution in [0.5, 0.6) is 0 Å². The first-order chi connectivity index (χ1) is 10.1. The zero-order valence-corrected chi connectivity index (χ0v) is 13.0. The molecule has 0 aliphatic heterocycles. The number of rotatable bonds is 4. The summed E-state index contributed by atoms with van der Waals surface area (Å²) < 4.78 is 1.98. The second-order valence-electron chi connectivity index (χ2n) is 6.44. The minimum Gasteiger partial charge on any atom is -0.327 e. The number of nitrogens with zero attached hydrogens (tertiary/aromatic N) is 2. The van der Waals surface area contributed by atoms with Crippen LogP contribution in [0.2, 0.25) is 0 Å². The summed E-state index contributed by atoms with van der Waals surface area (Å²) in [7, 11) is 2.01. The summed E-state index contributed by atoms with van der Waals surface area (Å²) in [6.45, 7) is 2.04. The van der Waals surface area contributed by atoms with Crippen molar-refractivity contribution in [2.45, 2.75) is 50.5 Å². The Morgan fingerprint density at radius 1 is 1.24 bits per heavy atom. The highest BCUT2D eigenvalue weighted by molar-refractivity contribution is 5.30. The summed E-state index contributed by atoms with van der Waals surface area (Å²) in [6.07, 6.45) is 5.87. The fourth-order valence-electron chi connectivity index (χ4n) is 3.93. The van der Waals surface area contributed by atoms with Gasteiger partial charge in [0.25, 0.3) is 0 Å². The van der Waals surface area contributed by atoms with E-state index in [0.717, 1.165) is 12.1 Å². The molecule has 21 heavy (non-hydrogen) atoms. The van der Waals surface area contributed by atoms with Gasteiger partial charge in [-0.1, -0.05) is 43.2 Å². The first-order valence-electron chi connectivity index (χ1n) is 7.92. The maximum atomic E-state index is 6.72. The van der Waals surface area contributed by atoms with Crippen molar-refractivity contribution < 1.29 is 0 Å². The lowest BCUT2D eigenvalue weighted by Gasteiger charge is -2.36. The van der Waals surface area contributed by atoms with Crippen molar-refractivity contribution in [3.8, 4) is 0 Å². The van der Waals surface area contributed by atoms with E-state index >= 15 is 0 Å². The third kappa shape index (κ3) is 2.62. The third-order valence-electron chi connectivity index (χ3n) is 5.08. The van der Waals surface area contributed by atoms with Crippen LogP contribution in [0.1, 0.15) is 42.6 Å². The molecule has 0 bridgehead atoms. The van der Waals surface area contributed by atoms with Crippen LogP contribution in [0.15, 0.2) is 36.4 Å². The van der Waals surface area contributed by atoms with Crippen molar-refractivity contribution in [1.29, 1.82) is 0 Å². The van der Waals surface area contributed by atoms with Crippen LogP contribution < -0.4 is 5.73 Å². The highest BCUT2D eigenvalue weighted by atomic mass is 15.3. The van der Waals surface area contributed by atoms with Crippen molar-refractivity contribution in [3.05, 3.63) is 53.3 Å². The van der Waals surface area contributed by atoms with Gasteiger partial charge in [-0.15, -0.1) is 0 Å². The molecular weight excluding hydrogens is 258 g/mol. The van der Waals surface area contributed by atoms with Gasteiger partial charge >= 0.3 is 0 Å². The molecule has 3 nitrogen and oxygen atoms in total. The van der Waals surface area contributed by atoms with E-state index in [4.69, 9.17) is 5.73 Å². The number of hydrogen-bond donors (Lipinski definition) is 1. The van der Waals surface area contributed by atoms with E-state index in [1.54, 1.807) is 0 Å². The highest BCUT2D eigenvalue weighted by Crippen LogP contribution is 2.43. The van der Waals surface area contributed by atoms with Gasteiger partial charge in [-0.2, -0.15) is 5.10 Å². The molecular formula is C18H25N3. The maximum absolute atomic E-state index is 6.72. The molecule has 0 amide bonds. The number of benzene rings is 1.